The van der Waals surface area contributed by atoms with E-state index in [9.17, 15) is 5.11 Å². The van der Waals surface area contributed by atoms with Crippen molar-refractivity contribution in [1.29, 1.82) is 0 Å². The van der Waals surface area contributed by atoms with Crippen molar-refractivity contribution in [2.45, 2.75) is 17.4 Å². The highest BCUT2D eigenvalue weighted by Crippen LogP contribution is 2.32. The van der Waals surface area contributed by atoms with E-state index in [2.05, 4.69) is 4.72 Å². The Labute approximate surface area is 81.8 Å². The number of hydrogen-bond acceptors (Lipinski definition) is 3. The minimum absolute atomic E-state index is 0.868. The molecule has 1 aliphatic heterocycles. The molecule has 0 aromatic heterocycles. The number of rotatable bonds is 0. The summed E-state index contributed by atoms with van der Waals surface area (Å²) >= 11 is 1.52. The summed E-state index contributed by atoms with van der Waals surface area (Å²) in [4.78, 5) is 1.07. The molecule has 0 amide bonds. The molecule has 2 N–H and O–H groups in total. The van der Waals surface area contributed by atoms with E-state index in [-0.39, 0.29) is 0 Å². The van der Waals surface area contributed by atoms with Crippen molar-refractivity contribution in [3.63, 3.8) is 0 Å². The Balaban J connectivity index is 2.56. The fraction of sp³-hybridized carbons (Fsp3) is 0.200. The average Bonchev–Trinajstić information content (AvgIpc) is 2.26. The number of aliphatic hydroxyl groups is 1. The van der Waals surface area contributed by atoms with Gasteiger partial charge in [0.25, 0.3) is 0 Å². The third-order valence-corrected chi connectivity index (χ3v) is 2.91. The standard InChI is InChI=1S/C10H11NOS/c1-10(12)6-7-11-13-9-5-3-2-4-8(9)10/h2-7,11-12H,1H3. The van der Waals surface area contributed by atoms with E-state index in [0.717, 1.165) is 10.5 Å². The third kappa shape index (κ3) is 1.57. The molecule has 0 radical (unpaired) electrons. The van der Waals surface area contributed by atoms with Crippen LogP contribution in [0.25, 0.3) is 0 Å². The minimum atomic E-state index is -0.868. The van der Waals surface area contributed by atoms with Gasteiger partial charge in [-0.3, -0.25) is 0 Å². The molecular weight excluding hydrogens is 182 g/mol. The Morgan fingerprint density at radius 2 is 2.15 bits per heavy atom. The van der Waals surface area contributed by atoms with Gasteiger partial charge < -0.3 is 9.83 Å². The Bertz CT molecular complexity index is 347. The van der Waals surface area contributed by atoms with E-state index in [0.29, 0.717) is 0 Å². The predicted molar refractivity (Wildman–Crippen MR) is 54.1 cm³/mol. The van der Waals surface area contributed by atoms with Gasteiger partial charge in [0.05, 0.1) is 0 Å². The van der Waals surface area contributed by atoms with Gasteiger partial charge >= 0.3 is 0 Å². The van der Waals surface area contributed by atoms with Gasteiger partial charge in [0.1, 0.15) is 5.60 Å². The van der Waals surface area contributed by atoms with E-state index in [1.807, 2.05) is 24.3 Å². The second-order valence-corrected chi connectivity index (χ2v) is 4.08. The Hall–Kier alpha value is -0.930. The van der Waals surface area contributed by atoms with Gasteiger partial charge in [-0.2, -0.15) is 0 Å². The van der Waals surface area contributed by atoms with E-state index >= 15 is 0 Å². The van der Waals surface area contributed by atoms with Crippen LogP contribution in [-0.2, 0) is 5.60 Å². The molecule has 0 aliphatic carbocycles. The monoisotopic (exact) mass is 193 g/mol. The lowest BCUT2D eigenvalue weighted by Gasteiger charge is -2.19. The minimum Gasteiger partial charge on any atom is -0.381 e. The summed E-state index contributed by atoms with van der Waals surface area (Å²) in [6, 6.07) is 7.84. The highest BCUT2D eigenvalue weighted by Gasteiger charge is 2.24. The van der Waals surface area contributed by atoms with Crippen molar-refractivity contribution in [2.75, 3.05) is 0 Å². The molecule has 13 heavy (non-hydrogen) atoms. The van der Waals surface area contributed by atoms with Crippen LogP contribution < -0.4 is 4.72 Å². The van der Waals surface area contributed by atoms with Gasteiger partial charge in [0.2, 0.25) is 0 Å². The van der Waals surface area contributed by atoms with Gasteiger partial charge in [-0.15, -0.1) is 0 Å². The van der Waals surface area contributed by atoms with Gasteiger partial charge in [0.15, 0.2) is 0 Å². The lowest BCUT2D eigenvalue weighted by atomic mass is 9.96. The molecule has 68 valence electrons. The molecule has 1 unspecified atom stereocenters. The first-order valence-corrected chi connectivity index (χ1v) is 4.94. The predicted octanol–water partition coefficient (Wildman–Crippen LogP) is 2.02. The lowest BCUT2D eigenvalue weighted by molar-refractivity contribution is 0.108. The average molecular weight is 193 g/mol. The normalized spacial score (nSPS) is 26.0. The topological polar surface area (TPSA) is 32.3 Å². The summed E-state index contributed by atoms with van der Waals surface area (Å²) in [5.41, 5.74) is 0.0776. The second-order valence-electron chi connectivity index (χ2n) is 3.20. The summed E-state index contributed by atoms with van der Waals surface area (Å²) in [5.74, 6) is 0. The lowest BCUT2D eigenvalue weighted by Crippen LogP contribution is -2.17. The SMILES string of the molecule is CC1(O)C=CNSc2ccccc21. The van der Waals surface area contributed by atoms with Crippen molar-refractivity contribution in [1.82, 2.24) is 4.72 Å². The largest absolute Gasteiger partial charge is 0.381 e. The van der Waals surface area contributed by atoms with Gasteiger partial charge in [0, 0.05) is 16.7 Å². The highest BCUT2D eigenvalue weighted by atomic mass is 32.2. The van der Waals surface area contributed by atoms with Crippen molar-refractivity contribution in [3.8, 4) is 0 Å². The zero-order valence-corrected chi connectivity index (χ0v) is 8.14. The van der Waals surface area contributed by atoms with E-state index < -0.39 is 5.60 Å². The summed E-state index contributed by atoms with van der Waals surface area (Å²) < 4.78 is 3.04. The second kappa shape index (κ2) is 3.09. The van der Waals surface area contributed by atoms with Crippen molar-refractivity contribution in [2.24, 2.45) is 0 Å². The molecule has 2 nitrogen and oxygen atoms in total. The Kier molecular flexibility index (Phi) is 2.06. The first-order chi connectivity index (χ1) is 6.20. The van der Waals surface area contributed by atoms with Gasteiger partial charge in [-0.1, -0.05) is 18.2 Å². The number of fused-ring (bicyclic) bond motifs is 1. The molecule has 1 aromatic rings. The fourth-order valence-electron chi connectivity index (χ4n) is 1.36. The summed E-state index contributed by atoms with van der Waals surface area (Å²) in [6.07, 6.45) is 3.52. The van der Waals surface area contributed by atoms with Gasteiger partial charge in [-0.25, -0.2) is 0 Å². The van der Waals surface area contributed by atoms with Crippen LogP contribution in [0.5, 0.6) is 0 Å². The molecule has 1 heterocycles. The number of benzene rings is 1. The zero-order chi connectivity index (χ0) is 9.31. The van der Waals surface area contributed by atoms with Crippen molar-refractivity contribution < 1.29 is 5.11 Å². The third-order valence-electron chi connectivity index (χ3n) is 2.08. The first kappa shape index (κ1) is 8.66. The Morgan fingerprint density at radius 3 is 3.00 bits per heavy atom. The van der Waals surface area contributed by atoms with Crippen molar-refractivity contribution >= 4 is 11.9 Å². The highest BCUT2D eigenvalue weighted by molar-refractivity contribution is 7.97. The maximum Gasteiger partial charge on any atom is 0.108 e. The number of nitrogens with one attached hydrogen (secondary N) is 1. The van der Waals surface area contributed by atoms with Crippen LogP contribution in [0, 0.1) is 0 Å². The molecule has 1 aliphatic rings. The molecule has 3 heteroatoms. The molecule has 0 fully saturated rings. The van der Waals surface area contributed by atoms with E-state index in [1.54, 1.807) is 19.2 Å². The molecule has 0 saturated carbocycles. The van der Waals surface area contributed by atoms with E-state index in [4.69, 9.17) is 0 Å². The first-order valence-electron chi connectivity index (χ1n) is 4.12. The van der Waals surface area contributed by atoms with Crippen LogP contribution in [0.2, 0.25) is 0 Å². The molecule has 2 rings (SSSR count). The van der Waals surface area contributed by atoms with Crippen LogP contribution in [0.15, 0.2) is 41.4 Å². The molecule has 1 aromatic carbocycles. The van der Waals surface area contributed by atoms with Crippen LogP contribution in [0.3, 0.4) is 0 Å². The zero-order valence-electron chi connectivity index (χ0n) is 7.32. The fourth-order valence-corrected chi connectivity index (χ4v) is 2.15. The maximum atomic E-state index is 10.1. The van der Waals surface area contributed by atoms with Crippen LogP contribution in [0.4, 0.5) is 0 Å². The van der Waals surface area contributed by atoms with Crippen LogP contribution in [0.1, 0.15) is 12.5 Å². The smallest absolute Gasteiger partial charge is 0.108 e. The molecule has 0 spiro atoms. The van der Waals surface area contributed by atoms with Crippen LogP contribution in [-0.4, -0.2) is 5.11 Å². The maximum absolute atomic E-state index is 10.1. The quantitative estimate of drug-likeness (QED) is 0.618. The van der Waals surface area contributed by atoms with Crippen LogP contribution >= 0.6 is 11.9 Å². The Morgan fingerprint density at radius 1 is 1.38 bits per heavy atom. The molecule has 0 saturated heterocycles. The van der Waals surface area contributed by atoms with E-state index in [1.165, 1.54) is 11.9 Å². The van der Waals surface area contributed by atoms with Crippen molar-refractivity contribution in [3.05, 3.63) is 42.1 Å². The number of hydrogen-bond donors (Lipinski definition) is 2. The summed E-state index contributed by atoms with van der Waals surface area (Å²) in [5, 5.41) is 10.1. The molecule has 1 atom stereocenters. The molecular formula is C10H11NOS. The molecule has 0 bridgehead atoms. The summed E-state index contributed by atoms with van der Waals surface area (Å²) in [7, 11) is 0. The van der Waals surface area contributed by atoms with Gasteiger partial charge in [-0.05, 0) is 31.0 Å². The summed E-state index contributed by atoms with van der Waals surface area (Å²) in [6.45, 7) is 1.79.